The number of ether oxygens (including phenoxy) is 3. The van der Waals surface area contributed by atoms with E-state index in [1.54, 1.807) is 7.11 Å². The van der Waals surface area contributed by atoms with Crippen molar-refractivity contribution in [2.75, 3.05) is 27.0 Å². The van der Waals surface area contributed by atoms with Crippen LogP contribution in [0.5, 0.6) is 17.2 Å². The highest BCUT2D eigenvalue weighted by molar-refractivity contribution is 6.30. The first-order valence-corrected chi connectivity index (χ1v) is 11.2. The van der Waals surface area contributed by atoms with E-state index in [0.29, 0.717) is 29.7 Å². The number of benzene rings is 2. The molecule has 0 spiro atoms. The van der Waals surface area contributed by atoms with E-state index >= 15 is 0 Å². The van der Waals surface area contributed by atoms with Gasteiger partial charge in [-0.05, 0) is 73.7 Å². The fraction of sp³-hybridized carbons (Fsp3) is 0.458. The SMILES string of the molecule is COc1cc(CN2CCC(CCC(=O)NCc3cccc(Cl)c3)CC2)cc2c1OCO2. The molecule has 0 radical (unpaired) electrons. The molecule has 1 amide bonds. The molecular weight excluding hydrogens is 416 g/mol. The number of fused-ring (bicyclic) bond motifs is 1. The number of carbonyl (C=O) groups excluding carboxylic acids is 1. The van der Waals surface area contributed by atoms with Crippen molar-refractivity contribution in [3.8, 4) is 17.2 Å². The third-order valence-corrected chi connectivity index (χ3v) is 6.22. The predicted octanol–water partition coefficient (Wildman–Crippen LogP) is 4.39. The number of nitrogens with one attached hydrogen (secondary N) is 1. The molecule has 0 saturated carbocycles. The topological polar surface area (TPSA) is 60.0 Å². The van der Waals surface area contributed by atoms with Crippen LogP contribution in [0, 0.1) is 5.92 Å². The van der Waals surface area contributed by atoms with Crippen molar-refractivity contribution in [1.82, 2.24) is 10.2 Å². The van der Waals surface area contributed by atoms with Gasteiger partial charge < -0.3 is 19.5 Å². The third-order valence-electron chi connectivity index (χ3n) is 5.99. The Hall–Kier alpha value is -2.44. The minimum atomic E-state index is 0.106. The highest BCUT2D eigenvalue weighted by Crippen LogP contribution is 2.42. The van der Waals surface area contributed by atoms with Crippen LogP contribution in [-0.4, -0.2) is 37.8 Å². The summed E-state index contributed by atoms with van der Waals surface area (Å²) >= 11 is 5.99. The zero-order valence-electron chi connectivity index (χ0n) is 17.9. The lowest BCUT2D eigenvalue weighted by Gasteiger charge is -2.32. The molecule has 0 bridgehead atoms. The number of amides is 1. The molecule has 4 rings (SSSR count). The summed E-state index contributed by atoms with van der Waals surface area (Å²) < 4.78 is 16.4. The summed E-state index contributed by atoms with van der Waals surface area (Å²) in [6, 6.07) is 11.7. The lowest BCUT2D eigenvalue weighted by atomic mass is 9.92. The Morgan fingerprint density at radius 2 is 2.03 bits per heavy atom. The molecule has 0 aliphatic carbocycles. The summed E-state index contributed by atoms with van der Waals surface area (Å²) in [6.45, 7) is 3.70. The van der Waals surface area contributed by atoms with Crippen LogP contribution >= 0.6 is 11.6 Å². The molecule has 31 heavy (non-hydrogen) atoms. The highest BCUT2D eigenvalue weighted by atomic mass is 35.5. The first-order chi connectivity index (χ1) is 15.1. The number of piperidine rings is 1. The van der Waals surface area contributed by atoms with Crippen molar-refractivity contribution in [1.29, 1.82) is 0 Å². The average Bonchev–Trinajstić information content (AvgIpc) is 3.25. The molecule has 6 nitrogen and oxygen atoms in total. The lowest BCUT2D eigenvalue weighted by molar-refractivity contribution is -0.121. The van der Waals surface area contributed by atoms with Gasteiger partial charge in [0.15, 0.2) is 11.5 Å². The van der Waals surface area contributed by atoms with Crippen LogP contribution in [0.3, 0.4) is 0 Å². The number of rotatable bonds is 8. The molecule has 2 aliphatic rings. The van der Waals surface area contributed by atoms with E-state index < -0.39 is 0 Å². The average molecular weight is 445 g/mol. The van der Waals surface area contributed by atoms with Gasteiger partial charge in [-0.2, -0.15) is 0 Å². The first-order valence-electron chi connectivity index (χ1n) is 10.8. The first kappa shape index (κ1) is 21.8. The molecule has 1 fully saturated rings. The Balaban J connectivity index is 1.18. The van der Waals surface area contributed by atoms with Crippen LogP contribution in [0.25, 0.3) is 0 Å². The number of hydrogen-bond donors (Lipinski definition) is 1. The number of methoxy groups -OCH3 is 1. The van der Waals surface area contributed by atoms with E-state index in [1.165, 1.54) is 5.56 Å². The highest BCUT2D eigenvalue weighted by Gasteiger charge is 2.23. The quantitative estimate of drug-likeness (QED) is 0.654. The van der Waals surface area contributed by atoms with Crippen LogP contribution in [0.15, 0.2) is 36.4 Å². The van der Waals surface area contributed by atoms with E-state index in [1.807, 2.05) is 36.4 Å². The van der Waals surface area contributed by atoms with Crippen molar-refractivity contribution in [2.45, 2.75) is 38.8 Å². The van der Waals surface area contributed by atoms with Gasteiger partial charge in [-0.3, -0.25) is 9.69 Å². The van der Waals surface area contributed by atoms with E-state index in [4.69, 9.17) is 25.8 Å². The van der Waals surface area contributed by atoms with E-state index in [-0.39, 0.29) is 12.7 Å². The summed E-state index contributed by atoms with van der Waals surface area (Å²) in [4.78, 5) is 14.7. The molecule has 2 aromatic carbocycles. The molecule has 1 N–H and O–H groups in total. The van der Waals surface area contributed by atoms with Gasteiger partial charge in [0, 0.05) is 24.5 Å². The Morgan fingerprint density at radius 1 is 1.19 bits per heavy atom. The minimum Gasteiger partial charge on any atom is -0.493 e. The zero-order valence-corrected chi connectivity index (χ0v) is 18.6. The second-order valence-corrected chi connectivity index (χ2v) is 8.63. The van der Waals surface area contributed by atoms with Crippen LogP contribution in [0.1, 0.15) is 36.8 Å². The van der Waals surface area contributed by atoms with Crippen molar-refractivity contribution in [2.24, 2.45) is 5.92 Å². The van der Waals surface area contributed by atoms with Crippen molar-refractivity contribution in [3.63, 3.8) is 0 Å². The second kappa shape index (κ2) is 10.2. The van der Waals surface area contributed by atoms with Crippen molar-refractivity contribution >= 4 is 17.5 Å². The fourth-order valence-corrected chi connectivity index (χ4v) is 4.45. The Kier molecular flexibility index (Phi) is 7.20. The summed E-state index contributed by atoms with van der Waals surface area (Å²) in [6.07, 6.45) is 3.74. The lowest BCUT2D eigenvalue weighted by Crippen LogP contribution is -2.33. The maximum Gasteiger partial charge on any atom is 0.231 e. The van der Waals surface area contributed by atoms with Gasteiger partial charge in [-0.15, -0.1) is 0 Å². The molecule has 0 aromatic heterocycles. The fourth-order valence-electron chi connectivity index (χ4n) is 4.24. The maximum atomic E-state index is 12.2. The number of hydrogen-bond acceptors (Lipinski definition) is 5. The van der Waals surface area contributed by atoms with Gasteiger partial charge in [0.05, 0.1) is 7.11 Å². The minimum absolute atomic E-state index is 0.106. The summed E-state index contributed by atoms with van der Waals surface area (Å²) in [5.41, 5.74) is 2.19. The number of carbonyl (C=O) groups is 1. The number of nitrogens with zero attached hydrogens (tertiary/aromatic N) is 1. The molecule has 2 aliphatic heterocycles. The summed E-state index contributed by atoms with van der Waals surface area (Å²) in [7, 11) is 1.65. The van der Waals surface area contributed by atoms with Gasteiger partial charge >= 0.3 is 0 Å². The smallest absolute Gasteiger partial charge is 0.231 e. The molecule has 2 aromatic rings. The third kappa shape index (κ3) is 5.83. The Morgan fingerprint density at radius 3 is 2.81 bits per heavy atom. The molecule has 2 heterocycles. The van der Waals surface area contributed by atoms with Crippen LogP contribution in [0.4, 0.5) is 0 Å². The van der Waals surface area contributed by atoms with Gasteiger partial charge in [-0.1, -0.05) is 23.7 Å². The van der Waals surface area contributed by atoms with Gasteiger partial charge in [0.1, 0.15) is 0 Å². The van der Waals surface area contributed by atoms with Crippen LogP contribution < -0.4 is 19.5 Å². The normalized spacial score (nSPS) is 16.3. The maximum absolute atomic E-state index is 12.2. The second-order valence-electron chi connectivity index (χ2n) is 8.20. The molecule has 166 valence electrons. The van der Waals surface area contributed by atoms with E-state index in [9.17, 15) is 4.79 Å². The number of likely N-dealkylation sites (tertiary alicyclic amines) is 1. The zero-order chi connectivity index (χ0) is 21.6. The van der Waals surface area contributed by atoms with E-state index in [0.717, 1.165) is 56.0 Å². The predicted molar refractivity (Wildman–Crippen MR) is 120 cm³/mol. The summed E-state index contributed by atoms with van der Waals surface area (Å²) in [5, 5.41) is 3.69. The van der Waals surface area contributed by atoms with Crippen molar-refractivity contribution in [3.05, 3.63) is 52.5 Å². The molecule has 7 heteroatoms. The van der Waals surface area contributed by atoms with Gasteiger partial charge in [0.2, 0.25) is 18.4 Å². The molecule has 0 atom stereocenters. The van der Waals surface area contributed by atoms with Crippen LogP contribution in [0.2, 0.25) is 5.02 Å². The van der Waals surface area contributed by atoms with Gasteiger partial charge in [0.25, 0.3) is 0 Å². The molecular formula is C24H29ClN2O4. The van der Waals surface area contributed by atoms with Gasteiger partial charge in [-0.25, -0.2) is 0 Å². The Bertz CT molecular complexity index is 912. The largest absolute Gasteiger partial charge is 0.493 e. The van der Waals surface area contributed by atoms with Crippen molar-refractivity contribution < 1.29 is 19.0 Å². The summed E-state index contributed by atoms with van der Waals surface area (Å²) in [5.74, 6) is 2.88. The molecule has 1 saturated heterocycles. The monoisotopic (exact) mass is 444 g/mol. The number of halogens is 1. The van der Waals surface area contributed by atoms with E-state index in [2.05, 4.69) is 10.2 Å². The molecule has 0 unspecified atom stereocenters. The standard InChI is InChI=1S/C24H29ClN2O4/c1-29-21-12-19(13-22-24(21)31-16-30-22)15-27-9-7-17(8-10-27)5-6-23(28)26-14-18-3-2-4-20(25)11-18/h2-4,11-13,17H,5-10,14-16H2,1H3,(H,26,28). The Labute approximate surface area is 188 Å². The van der Waals surface area contributed by atoms with Crippen LogP contribution in [-0.2, 0) is 17.9 Å².